The van der Waals surface area contributed by atoms with E-state index in [2.05, 4.69) is 20.9 Å². The molecular formula is C19H22BrClN2O4S. The lowest BCUT2D eigenvalue weighted by Crippen LogP contribution is -2.40. The molecule has 1 aromatic carbocycles. The third-order valence-corrected chi connectivity index (χ3v) is 8.17. The molecule has 0 fully saturated rings. The zero-order chi connectivity index (χ0) is 20.5. The van der Waals surface area contributed by atoms with Crippen LogP contribution in [0.15, 0.2) is 43.7 Å². The van der Waals surface area contributed by atoms with E-state index in [1.165, 1.54) is 15.9 Å². The Morgan fingerprint density at radius 2 is 2.11 bits per heavy atom. The Morgan fingerprint density at radius 1 is 1.36 bits per heavy atom. The second-order valence-corrected chi connectivity index (χ2v) is 10.4. The van der Waals surface area contributed by atoms with Gasteiger partial charge in [0.25, 0.3) is 0 Å². The molecule has 1 aliphatic carbocycles. The van der Waals surface area contributed by atoms with Crippen molar-refractivity contribution in [1.82, 2.24) is 4.31 Å². The first-order chi connectivity index (χ1) is 13.2. The van der Waals surface area contributed by atoms with Crippen molar-refractivity contribution in [1.29, 1.82) is 0 Å². The van der Waals surface area contributed by atoms with E-state index in [-0.39, 0.29) is 28.4 Å². The first kappa shape index (κ1) is 21.5. The van der Waals surface area contributed by atoms with Gasteiger partial charge in [0.1, 0.15) is 4.90 Å². The number of halogens is 2. The summed E-state index contributed by atoms with van der Waals surface area (Å²) in [6.07, 6.45) is 5.58. The van der Waals surface area contributed by atoms with Gasteiger partial charge in [-0.1, -0.05) is 33.1 Å². The Kier molecular flexibility index (Phi) is 6.64. The first-order valence-electron chi connectivity index (χ1n) is 9.10. The zero-order valence-corrected chi connectivity index (χ0v) is 18.6. The van der Waals surface area contributed by atoms with Crippen LogP contribution in [0.2, 0.25) is 5.02 Å². The minimum absolute atomic E-state index is 0.00956. The smallest absolute Gasteiger partial charge is 0.305 e. The number of carbonyl (C=O) groups is 1. The first-order valence-corrected chi connectivity index (χ1v) is 11.7. The van der Waals surface area contributed by atoms with Gasteiger partial charge in [0.15, 0.2) is 0 Å². The molecule has 2 aliphatic rings. The predicted molar refractivity (Wildman–Crippen MR) is 113 cm³/mol. The molecule has 0 saturated heterocycles. The summed E-state index contributed by atoms with van der Waals surface area (Å²) in [7, 11) is -2.22. The molecule has 2 atom stereocenters. The number of aliphatic imine (C=N–C) groups is 1. The van der Waals surface area contributed by atoms with E-state index >= 15 is 0 Å². The molecule has 1 aliphatic heterocycles. The molecule has 1 aromatic rings. The molecule has 3 rings (SSSR count). The van der Waals surface area contributed by atoms with E-state index in [4.69, 9.17) is 16.7 Å². The van der Waals surface area contributed by atoms with Gasteiger partial charge in [0.2, 0.25) is 10.0 Å². The zero-order valence-electron chi connectivity index (χ0n) is 15.4. The topological polar surface area (TPSA) is 87.0 Å². The van der Waals surface area contributed by atoms with Gasteiger partial charge in [0, 0.05) is 17.7 Å². The third kappa shape index (κ3) is 4.50. The van der Waals surface area contributed by atoms with Crippen molar-refractivity contribution in [2.45, 2.75) is 55.5 Å². The van der Waals surface area contributed by atoms with E-state index in [9.17, 15) is 13.2 Å². The number of nitrogens with zero attached hydrogens (tertiary/aromatic N) is 2. The number of allylic oxidation sites excluding steroid dienone is 1. The molecule has 28 heavy (non-hydrogen) atoms. The van der Waals surface area contributed by atoms with E-state index in [1.807, 2.05) is 0 Å². The molecule has 152 valence electrons. The van der Waals surface area contributed by atoms with Gasteiger partial charge in [-0.3, -0.25) is 9.79 Å². The lowest BCUT2D eigenvalue weighted by Gasteiger charge is -2.33. The summed E-state index contributed by atoms with van der Waals surface area (Å²) in [5.74, 6) is -0.872. The summed E-state index contributed by atoms with van der Waals surface area (Å²) in [4.78, 5) is 15.5. The normalized spacial score (nSPS) is 22.9. The van der Waals surface area contributed by atoms with Crippen molar-refractivity contribution in [2.75, 3.05) is 7.05 Å². The summed E-state index contributed by atoms with van der Waals surface area (Å²) in [6, 6.07) is 4.12. The Labute approximate surface area is 178 Å². The number of hydrogen-bond donors (Lipinski definition) is 1. The number of sulfonamides is 1. The van der Waals surface area contributed by atoms with Crippen LogP contribution in [0.5, 0.6) is 0 Å². The molecule has 9 heteroatoms. The van der Waals surface area contributed by atoms with Crippen molar-refractivity contribution in [3.63, 3.8) is 0 Å². The quantitative estimate of drug-likeness (QED) is 0.669. The highest BCUT2D eigenvalue weighted by atomic mass is 79.9. The number of hydrogen-bond acceptors (Lipinski definition) is 4. The van der Waals surface area contributed by atoms with Gasteiger partial charge in [-0.15, -0.1) is 0 Å². The van der Waals surface area contributed by atoms with Gasteiger partial charge in [0.05, 0.1) is 23.5 Å². The van der Waals surface area contributed by atoms with Crippen LogP contribution in [0, 0.1) is 0 Å². The maximum absolute atomic E-state index is 13.2. The number of benzene rings is 1. The summed E-state index contributed by atoms with van der Waals surface area (Å²) in [5.41, 5.74) is 2.08. The van der Waals surface area contributed by atoms with E-state index in [0.717, 1.165) is 24.8 Å². The average molecular weight is 490 g/mol. The van der Waals surface area contributed by atoms with Crippen LogP contribution in [0.3, 0.4) is 0 Å². The molecule has 0 radical (unpaired) electrons. The maximum atomic E-state index is 13.2. The van der Waals surface area contributed by atoms with Crippen LogP contribution < -0.4 is 0 Å². The predicted octanol–water partition coefficient (Wildman–Crippen LogP) is 4.28. The van der Waals surface area contributed by atoms with Crippen molar-refractivity contribution in [2.24, 2.45) is 4.99 Å². The van der Waals surface area contributed by atoms with Gasteiger partial charge in [-0.05, 0) is 55.9 Å². The SMILES string of the molecule is CN([C@@H]1CCCC2=C1C=NC(CC(=O)O)CC2)S(=O)(=O)c1ccc(Br)cc1Cl. The lowest BCUT2D eigenvalue weighted by molar-refractivity contribution is -0.137. The molecule has 0 bridgehead atoms. The number of likely N-dealkylation sites (N-methyl/N-ethyl adjacent to an activating group) is 1. The Morgan fingerprint density at radius 3 is 2.79 bits per heavy atom. The van der Waals surface area contributed by atoms with Crippen LogP contribution >= 0.6 is 27.5 Å². The van der Waals surface area contributed by atoms with Crippen LogP contribution in [0.4, 0.5) is 0 Å². The molecule has 0 spiro atoms. The van der Waals surface area contributed by atoms with Crippen molar-refractivity contribution in [3.8, 4) is 0 Å². The van der Waals surface area contributed by atoms with E-state index in [0.29, 0.717) is 17.3 Å². The molecule has 0 aromatic heterocycles. The van der Waals surface area contributed by atoms with Crippen LogP contribution in [0.1, 0.15) is 38.5 Å². The van der Waals surface area contributed by atoms with Crippen molar-refractivity contribution in [3.05, 3.63) is 38.8 Å². The number of carboxylic acid groups (broad SMARTS) is 1. The van der Waals surface area contributed by atoms with Crippen LogP contribution in [-0.2, 0) is 14.8 Å². The van der Waals surface area contributed by atoms with Gasteiger partial charge < -0.3 is 5.11 Å². The molecule has 6 nitrogen and oxygen atoms in total. The Balaban J connectivity index is 1.92. The number of carboxylic acids is 1. The minimum atomic E-state index is -3.79. The second-order valence-electron chi connectivity index (χ2n) is 7.13. The second kappa shape index (κ2) is 8.65. The molecule has 0 saturated carbocycles. The lowest BCUT2D eigenvalue weighted by atomic mass is 9.86. The Bertz CT molecular complexity index is 945. The van der Waals surface area contributed by atoms with Crippen LogP contribution in [-0.4, -0.2) is 49.1 Å². The van der Waals surface area contributed by atoms with Crippen molar-refractivity contribution >= 4 is 49.7 Å². The minimum Gasteiger partial charge on any atom is -0.481 e. The summed E-state index contributed by atoms with van der Waals surface area (Å²) in [6.45, 7) is 0. The molecule has 0 amide bonds. The Hall–Kier alpha value is -1.22. The van der Waals surface area contributed by atoms with E-state index in [1.54, 1.807) is 25.4 Å². The molecule has 1 unspecified atom stereocenters. The highest BCUT2D eigenvalue weighted by Crippen LogP contribution is 2.36. The fourth-order valence-electron chi connectivity index (χ4n) is 3.83. The molecular weight excluding hydrogens is 468 g/mol. The van der Waals surface area contributed by atoms with Gasteiger partial charge >= 0.3 is 5.97 Å². The molecule has 1 heterocycles. The monoisotopic (exact) mass is 488 g/mol. The van der Waals surface area contributed by atoms with Gasteiger partial charge in [-0.25, -0.2) is 8.42 Å². The number of aliphatic carboxylic acids is 1. The van der Waals surface area contributed by atoms with E-state index < -0.39 is 16.0 Å². The van der Waals surface area contributed by atoms with Crippen molar-refractivity contribution < 1.29 is 18.3 Å². The fourth-order valence-corrected chi connectivity index (χ4v) is 6.21. The maximum Gasteiger partial charge on any atom is 0.305 e. The third-order valence-electron chi connectivity index (χ3n) is 5.33. The van der Waals surface area contributed by atoms with Gasteiger partial charge in [-0.2, -0.15) is 4.31 Å². The fraction of sp³-hybridized carbons (Fsp3) is 0.474. The standard InChI is InChI=1S/C19H22BrClN2O4S/c1-23(28(26,27)18-8-6-13(20)9-16(18)21)17-4-2-3-12-5-7-14(10-19(24)25)22-11-15(12)17/h6,8-9,11,14,17H,2-5,7,10H2,1H3,(H,24,25)/t14?,17-/m1/s1. The van der Waals surface area contributed by atoms with Crippen LogP contribution in [0.25, 0.3) is 0 Å². The average Bonchev–Trinajstić information content (AvgIpc) is 2.82. The summed E-state index contributed by atoms with van der Waals surface area (Å²) in [5, 5.41) is 9.21. The highest BCUT2D eigenvalue weighted by molar-refractivity contribution is 9.10. The molecule has 1 N–H and O–H groups in total. The largest absolute Gasteiger partial charge is 0.481 e. The highest BCUT2D eigenvalue weighted by Gasteiger charge is 2.35. The summed E-state index contributed by atoms with van der Waals surface area (Å²) < 4.78 is 28.5. The number of rotatable bonds is 5. The summed E-state index contributed by atoms with van der Waals surface area (Å²) >= 11 is 9.49.